The molecule has 0 aliphatic heterocycles. The van der Waals surface area contributed by atoms with Crippen LogP contribution in [-0.4, -0.2) is 26.9 Å². The summed E-state index contributed by atoms with van der Waals surface area (Å²) in [5.74, 6) is -0.180. The molecule has 1 amide bonds. The summed E-state index contributed by atoms with van der Waals surface area (Å²) in [4.78, 5) is 33.3. The standard InChI is InChI=1S/C28H26F3N3O2/c1-3-16-33(26(35)21-12-9-13-22(17-21)28(29,30)31)19(2)25-32-24-15-8-7-14-23(24)27(36)34(25)18-20-10-5-4-6-11-20/h4-15,17,19H,3,16,18H2,1-2H3. The van der Waals surface area contributed by atoms with Gasteiger partial charge in [0.25, 0.3) is 11.5 Å². The summed E-state index contributed by atoms with van der Waals surface area (Å²) in [6, 6.07) is 20.1. The van der Waals surface area contributed by atoms with Crippen LogP contribution < -0.4 is 5.56 Å². The van der Waals surface area contributed by atoms with E-state index in [4.69, 9.17) is 4.98 Å². The van der Waals surface area contributed by atoms with Gasteiger partial charge in [-0.1, -0.05) is 55.5 Å². The molecule has 0 N–H and O–H groups in total. The van der Waals surface area contributed by atoms with Crippen molar-refractivity contribution < 1.29 is 18.0 Å². The Morgan fingerprint density at radius 1 is 1.00 bits per heavy atom. The van der Waals surface area contributed by atoms with Crippen molar-refractivity contribution in [2.75, 3.05) is 6.54 Å². The molecule has 0 saturated carbocycles. The molecule has 1 unspecified atom stereocenters. The molecule has 4 aromatic rings. The lowest BCUT2D eigenvalue weighted by molar-refractivity contribution is -0.137. The first-order chi connectivity index (χ1) is 17.2. The van der Waals surface area contributed by atoms with Gasteiger partial charge in [-0.25, -0.2) is 4.98 Å². The molecule has 3 aromatic carbocycles. The smallest absolute Gasteiger partial charge is 0.329 e. The minimum atomic E-state index is -4.56. The highest BCUT2D eigenvalue weighted by atomic mass is 19.4. The van der Waals surface area contributed by atoms with Crippen LogP contribution >= 0.6 is 0 Å². The lowest BCUT2D eigenvalue weighted by atomic mass is 10.1. The van der Waals surface area contributed by atoms with Crippen molar-refractivity contribution in [1.82, 2.24) is 14.5 Å². The van der Waals surface area contributed by atoms with Crippen molar-refractivity contribution >= 4 is 16.8 Å². The molecular formula is C28H26F3N3O2. The zero-order valence-electron chi connectivity index (χ0n) is 20.0. The molecule has 1 heterocycles. The number of carbonyl (C=O) groups is 1. The maximum absolute atomic E-state index is 13.5. The van der Waals surface area contributed by atoms with E-state index in [1.807, 2.05) is 37.3 Å². The van der Waals surface area contributed by atoms with Gasteiger partial charge in [-0.15, -0.1) is 0 Å². The number of nitrogens with zero attached hydrogens (tertiary/aromatic N) is 3. The third kappa shape index (κ3) is 5.17. The van der Waals surface area contributed by atoms with E-state index >= 15 is 0 Å². The number of fused-ring (bicyclic) bond motifs is 1. The van der Waals surface area contributed by atoms with Crippen LogP contribution in [0, 0.1) is 0 Å². The van der Waals surface area contributed by atoms with Crippen molar-refractivity contribution in [3.8, 4) is 0 Å². The van der Waals surface area contributed by atoms with Crippen LogP contribution in [-0.2, 0) is 12.7 Å². The molecule has 0 fully saturated rings. The van der Waals surface area contributed by atoms with E-state index in [9.17, 15) is 22.8 Å². The van der Waals surface area contributed by atoms with Crippen molar-refractivity contribution in [2.24, 2.45) is 0 Å². The predicted octanol–water partition coefficient (Wildman–Crippen LogP) is 6.08. The predicted molar refractivity (Wildman–Crippen MR) is 133 cm³/mol. The summed E-state index contributed by atoms with van der Waals surface area (Å²) in [6.45, 7) is 4.16. The summed E-state index contributed by atoms with van der Waals surface area (Å²) >= 11 is 0. The van der Waals surface area contributed by atoms with E-state index in [1.165, 1.54) is 17.0 Å². The molecule has 0 radical (unpaired) electrons. The molecule has 1 aromatic heterocycles. The van der Waals surface area contributed by atoms with Crippen LogP contribution in [0.5, 0.6) is 0 Å². The van der Waals surface area contributed by atoms with Crippen LogP contribution in [0.25, 0.3) is 10.9 Å². The summed E-state index contributed by atoms with van der Waals surface area (Å²) in [6.07, 6.45) is -3.99. The number of carbonyl (C=O) groups excluding carboxylic acids is 1. The number of aromatic nitrogens is 2. The number of rotatable bonds is 7. The summed E-state index contributed by atoms with van der Waals surface area (Å²) in [5, 5.41) is 0.454. The van der Waals surface area contributed by atoms with Gasteiger partial charge in [-0.2, -0.15) is 13.2 Å². The molecule has 0 spiro atoms. The normalized spacial score (nSPS) is 12.5. The highest BCUT2D eigenvalue weighted by Crippen LogP contribution is 2.30. The van der Waals surface area contributed by atoms with Crippen molar-refractivity contribution in [1.29, 1.82) is 0 Å². The number of benzene rings is 3. The second-order valence-electron chi connectivity index (χ2n) is 8.62. The maximum Gasteiger partial charge on any atom is 0.416 e. The van der Waals surface area contributed by atoms with Gasteiger partial charge in [0.1, 0.15) is 5.82 Å². The first kappa shape index (κ1) is 25.2. The van der Waals surface area contributed by atoms with E-state index in [-0.39, 0.29) is 24.2 Å². The monoisotopic (exact) mass is 493 g/mol. The van der Waals surface area contributed by atoms with Gasteiger partial charge in [-0.05, 0) is 49.2 Å². The minimum absolute atomic E-state index is 0.0668. The fraction of sp³-hybridized carbons (Fsp3) is 0.250. The molecule has 36 heavy (non-hydrogen) atoms. The number of alkyl halides is 3. The van der Waals surface area contributed by atoms with Crippen LogP contribution in [0.15, 0.2) is 83.7 Å². The highest BCUT2D eigenvalue weighted by molar-refractivity contribution is 5.94. The fourth-order valence-electron chi connectivity index (χ4n) is 4.27. The first-order valence-corrected chi connectivity index (χ1v) is 11.7. The third-order valence-corrected chi connectivity index (χ3v) is 6.08. The average molecular weight is 494 g/mol. The molecule has 186 valence electrons. The molecule has 0 bridgehead atoms. The molecule has 0 aliphatic carbocycles. The molecular weight excluding hydrogens is 467 g/mol. The lowest BCUT2D eigenvalue weighted by Gasteiger charge is -2.30. The van der Waals surface area contributed by atoms with E-state index in [1.54, 1.807) is 35.8 Å². The third-order valence-electron chi connectivity index (χ3n) is 6.08. The van der Waals surface area contributed by atoms with Gasteiger partial charge < -0.3 is 4.90 Å². The quantitative estimate of drug-likeness (QED) is 0.314. The maximum atomic E-state index is 13.5. The number of hydrogen-bond donors (Lipinski definition) is 0. The number of hydrogen-bond acceptors (Lipinski definition) is 3. The molecule has 1 atom stereocenters. The van der Waals surface area contributed by atoms with Crippen LogP contribution in [0.4, 0.5) is 13.2 Å². The van der Waals surface area contributed by atoms with E-state index in [0.29, 0.717) is 23.1 Å². The highest BCUT2D eigenvalue weighted by Gasteiger charge is 2.32. The zero-order chi connectivity index (χ0) is 25.9. The topological polar surface area (TPSA) is 55.2 Å². The SMILES string of the molecule is CCCN(C(=O)c1cccc(C(F)(F)F)c1)C(C)c1nc2ccccc2c(=O)n1Cc1ccccc1. The van der Waals surface area contributed by atoms with Crippen molar-refractivity contribution in [2.45, 2.75) is 39.0 Å². The lowest BCUT2D eigenvalue weighted by Crippen LogP contribution is -2.38. The van der Waals surface area contributed by atoms with Crippen molar-refractivity contribution in [3.05, 3.63) is 112 Å². The zero-order valence-corrected chi connectivity index (χ0v) is 20.0. The second kappa shape index (κ2) is 10.4. The van der Waals surface area contributed by atoms with E-state index in [0.717, 1.165) is 17.7 Å². The second-order valence-corrected chi connectivity index (χ2v) is 8.62. The van der Waals surface area contributed by atoms with Crippen LogP contribution in [0.2, 0.25) is 0 Å². The molecule has 5 nitrogen and oxygen atoms in total. The molecule has 4 rings (SSSR count). The van der Waals surface area contributed by atoms with Crippen molar-refractivity contribution in [3.63, 3.8) is 0 Å². The Balaban J connectivity index is 1.82. The van der Waals surface area contributed by atoms with Gasteiger partial charge >= 0.3 is 6.18 Å². The van der Waals surface area contributed by atoms with Gasteiger partial charge in [0.05, 0.1) is 29.1 Å². The largest absolute Gasteiger partial charge is 0.416 e. The Labute approximate surface area is 206 Å². The van der Waals surface area contributed by atoms with Crippen LogP contribution in [0.3, 0.4) is 0 Å². The molecule has 0 aliphatic rings. The summed E-state index contributed by atoms with van der Waals surface area (Å²) in [7, 11) is 0. The Morgan fingerprint density at radius 3 is 2.39 bits per heavy atom. The minimum Gasteiger partial charge on any atom is -0.329 e. The first-order valence-electron chi connectivity index (χ1n) is 11.7. The molecule has 8 heteroatoms. The van der Waals surface area contributed by atoms with Gasteiger partial charge in [0, 0.05) is 12.1 Å². The Bertz CT molecular complexity index is 1430. The Morgan fingerprint density at radius 2 is 1.69 bits per heavy atom. The summed E-state index contributed by atoms with van der Waals surface area (Å²) < 4.78 is 41.4. The molecule has 0 saturated heterocycles. The number of para-hydroxylation sites is 1. The number of amides is 1. The Hall–Kier alpha value is -3.94. The summed E-state index contributed by atoms with van der Waals surface area (Å²) in [5.41, 5.74) is 0.187. The van der Waals surface area contributed by atoms with Gasteiger partial charge in [0.2, 0.25) is 0 Å². The van der Waals surface area contributed by atoms with Crippen LogP contribution in [0.1, 0.15) is 53.6 Å². The fourth-order valence-corrected chi connectivity index (χ4v) is 4.27. The van der Waals surface area contributed by atoms with Gasteiger partial charge in [0.15, 0.2) is 0 Å². The average Bonchev–Trinajstić information content (AvgIpc) is 2.88. The van der Waals surface area contributed by atoms with E-state index in [2.05, 4.69) is 0 Å². The Kier molecular flexibility index (Phi) is 7.24. The number of halogens is 3. The van der Waals surface area contributed by atoms with E-state index < -0.39 is 23.7 Å². The van der Waals surface area contributed by atoms with Gasteiger partial charge in [-0.3, -0.25) is 14.2 Å².